The molecule has 0 saturated carbocycles. The Hall–Kier alpha value is -2.44. The van der Waals surface area contributed by atoms with Crippen LogP contribution < -0.4 is 5.32 Å². The third-order valence-electron chi connectivity index (χ3n) is 3.44. The smallest absolute Gasteiger partial charge is 0.270 e. The van der Waals surface area contributed by atoms with Gasteiger partial charge in [0.1, 0.15) is 17.3 Å². The lowest BCUT2D eigenvalue weighted by Crippen LogP contribution is -2.47. The van der Waals surface area contributed by atoms with Gasteiger partial charge in [0.2, 0.25) is 5.91 Å². The van der Waals surface area contributed by atoms with E-state index < -0.39 is 23.1 Å². The van der Waals surface area contributed by atoms with E-state index in [4.69, 9.17) is 0 Å². The highest BCUT2D eigenvalue weighted by atomic mass is 19.1. The zero-order chi connectivity index (χ0) is 18.1. The maximum Gasteiger partial charge on any atom is 0.270 e. The molecule has 0 saturated heterocycles. The first-order valence-electron chi connectivity index (χ1n) is 7.69. The zero-order valence-corrected chi connectivity index (χ0v) is 14.2. The number of carbonyl (C=O) groups excluding carboxylic acids is 2. The molecule has 0 radical (unpaired) electrons. The Balaban J connectivity index is 2.24. The van der Waals surface area contributed by atoms with Gasteiger partial charge in [-0.1, -0.05) is 0 Å². The van der Waals surface area contributed by atoms with E-state index in [1.807, 2.05) is 20.8 Å². The van der Waals surface area contributed by atoms with Gasteiger partial charge in [-0.3, -0.25) is 9.59 Å². The zero-order valence-electron chi connectivity index (χ0n) is 14.2. The third-order valence-corrected chi connectivity index (χ3v) is 3.44. The number of hydrogen-bond acceptors (Lipinski definition) is 2. The molecule has 1 aromatic heterocycles. The molecule has 1 heterocycles. The van der Waals surface area contributed by atoms with E-state index in [9.17, 15) is 18.4 Å². The summed E-state index contributed by atoms with van der Waals surface area (Å²) < 4.78 is 27.5. The minimum Gasteiger partial charge on any atom is -0.350 e. The van der Waals surface area contributed by atoms with Crippen molar-refractivity contribution in [1.29, 1.82) is 0 Å². The van der Waals surface area contributed by atoms with Crippen molar-refractivity contribution < 1.29 is 18.4 Å². The Morgan fingerprint density at radius 2 is 1.83 bits per heavy atom. The molecule has 1 aromatic carbocycles. The summed E-state index contributed by atoms with van der Waals surface area (Å²) in [6.45, 7) is 7.40. The average Bonchev–Trinajstić information content (AvgIpc) is 2.92. The number of halogens is 2. The minimum absolute atomic E-state index is 0.00791. The van der Waals surface area contributed by atoms with Gasteiger partial charge in [0.15, 0.2) is 0 Å². The molecule has 0 spiro atoms. The number of hydrogen-bond donors (Lipinski definition) is 2. The fourth-order valence-electron chi connectivity index (χ4n) is 2.39. The number of likely N-dealkylation sites (N-methyl/N-ethyl adjacent to an activating group) is 1. The number of nitrogens with zero attached hydrogens (tertiary/aromatic N) is 1. The van der Waals surface area contributed by atoms with E-state index in [0.717, 1.165) is 12.1 Å². The summed E-state index contributed by atoms with van der Waals surface area (Å²) in [4.78, 5) is 28.5. The molecule has 2 rings (SSSR count). The van der Waals surface area contributed by atoms with Crippen LogP contribution in [-0.4, -0.2) is 40.3 Å². The van der Waals surface area contributed by atoms with Crippen LogP contribution in [-0.2, 0) is 4.79 Å². The molecule has 130 valence electrons. The number of rotatable bonds is 4. The first-order valence-corrected chi connectivity index (χ1v) is 7.69. The van der Waals surface area contributed by atoms with E-state index in [0.29, 0.717) is 0 Å². The maximum atomic E-state index is 13.7. The van der Waals surface area contributed by atoms with Crippen molar-refractivity contribution in [2.24, 2.45) is 0 Å². The Morgan fingerprint density at radius 3 is 2.38 bits per heavy atom. The lowest BCUT2D eigenvalue weighted by atomic mass is 10.1. The number of aromatic nitrogens is 1. The van der Waals surface area contributed by atoms with Crippen LogP contribution in [0.1, 0.15) is 38.2 Å². The standard InChI is InChI=1S/C17H21F2N3O2/c1-5-22(9-14(23)21-17(2,3)4)16(24)13-8-10-11(18)6-7-12(19)15(10)20-13/h6-8,20H,5,9H2,1-4H3,(H,21,23). The van der Waals surface area contributed by atoms with Crippen molar-refractivity contribution >= 4 is 22.7 Å². The number of H-pyrrole nitrogens is 1. The lowest BCUT2D eigenvalue weighted by molar-refractivity contribution is -0.123. The Bertz CT molecular complexity index is 739. The summed E-state index contributed by atoms with van der Waals surface area (Å²) in [6.07, 6.45) is 0. The molecular formula is C17H21F2N3O2. The van der Waals surface area contributed by atoms with Gasteiger partial charge in [0.25, 0.3) is 5.91 Å². The van der Waals surface area contributed by atoms with Crippen LogP contribution in [0.5, 0.6) is 0 Å². The Labute approximate surface area is 139 Å². The number of aromatic amines is 1. The quantitative estimate of drug-likeness (QED) is 0.901. The number of carbonyl (C=O) groups is 2. The van der Waals surface area contributed by atoms with Gasteiger partial charge < -0.3 is 15.2 Å². The molecule has 0 aliphatic rings. The van der Waals surface area contributed by atoms with Crippen LogP contribution in [0.2, 0.25) is 0 Å². The molecule has 2 N–H and O–H groups in total. The fraction of sp³-hybridized carbons (Fsp3) is 0.412. The number of benzene rings is 1. The molecule has 7 heteroatoms. The van der Waals surface area contributed by atoms with Crippen molar-refractivity contribution in [2.75, 3.05) is 13.1 Å². The first-order chi connectivity index (χ1) is 11.1. The highest BCUT2D eigenvalue weighted by Gasteiger charge is 2.22. The molecule has 2 amide bonds. The van der Waals surface area contributed by atoms with Crippen LogP contribution in [0.4, 0.5) is 8.78 Å². The molecule has 0 atom stereocenters. The normalized spacial score (nSPS) is 11.6. The van der Waals surface area contributed by atoms with E-state index in [1.54, 1.807) is 6.92 Å². The summed E-state index contributed by atoms with van der Waals surface area (Å²) in [5.41, 5.74) is -0.430. The minimum atomic E-state index is -0.640. The van der Waals surface area contributed by atoms with Crippen molar-refractivity contribution in [3.63, 3.8) is 0 Å². The summed E-state index contributed by atoms with van der Waals surface area (Å²) in [6, 6.07) is 3.27. The van der Waals surface area contributed by atoms with Gasteiger partial charge in [-0.25, -0.2) is 8.78 Å². The van der Waals surface area contributed by atoms with E-state index in [-0.39, 0.29) is 35.6 Å². The van der Waals surface area contributed by atoms with Gasteiger partial charge in [0, 0.05) is 17.5 Å². The first kappa shape index (κ1) is 17.9. The van der Waals surface area contributed by atoms with Crippen molar-refractivity contribution in [3.05, 3.63) is 35.5 Å². The second-order valence-corrected chi connectivity index (χ2v) is 6.62. The lowest BCUT2D eigenvalue weighted by Gasteiger charge is -2.24. The second kappa shape index (κ2) is 6.59. The molecular weight excluding hydrogens is 316 g/mol. The molecule has 0 fully saturated rings. The van der Waals surface area contributed by atoms with Gasteiger partial charge in [-0.05, 0) is 45.9 Å². The maximum absolute atomic E-state index is 13.7. The van der Waals surface area contributed by atoms with Crippen LogP contribution in [0.15, 0.2) is 18.2 Å². The van der Waals surface area contributed by atoms with Crippen LogP contribution in [0.25, 0.3) is 10.9 Å². The van der Waals surface area contributed by atoms with E-state index >= 15 is 0 Å². The summed E-state index contributed by atoms with van der Waals surface area (Å²) in [5, 5.41) is 2.78. The molecule has 2 aromatic rings. The highest BCUT2D eigenvalue weighted by molar-refractivity contribution is 5.99. The van der Waals surface area contributed by atoms with Crippen molar-refractivity contribution in [2.45, 2.75) is 33.2 Å². The van der Waals surface area contributed by atoms with Crippen LogP contribution in [0.3, 0.4) is 0 Å². The van der Waals surface area contributed by atoms with Gasteiger partial charge in [-0.2, -0.15) is 0 Å². The van der Waals surface area contributed by atoms with E-state index in [1.165, 1.54) is 11.0 Å². The van der Waals surface area contributed by atoms with Crippen molar-refractivity contribution in [1.82, 2.24) is 15.2 Å². The Morgan fingerprint density at radius 1 is 1.21 bits per heavy atom. The summed E-state index contributed by atoms with van der Waals surface area (Å²) in [7, 11) is 0. The Kier molecular flexibility index (Phi) is 4.91. The van der Waals surface area contributed by atoms with Gasteiger partial charge in [0.05, 0.1) is 12.1 Å². The monoisotopic (exact) mass is 337 g/mol. The number of amides is 2. The largest absolute Gasteiger partial charge is 0.350 e. The summed E-state index contributed by atoms with van der Waals surface area (Å²) >= 11 is 0. The van der Waals surface area contributed by atoms with Crippen LogP contribution >= 0.6 is 0 Å². The topological polar surface area (TPSA) is 65.2 Å². The SMILES string of the molecule is CCN(CC(=O)NC(C)(C)C)C(=O)c1cc2c(F)ccc(F)c2[nH]1. The second-order valence-electron chi connectivity index (χ2n) is 6.62. The summed E-state index contributed by atoms with van der Waals surface area (Å²) in [5.74, 6) is -2.04. The van der Waals surface area contributed by atoms with E-state index in [2.05, 4.69) is 10.3 Å². The molecule has 0 aliphatic heterocycles. The predicted molar refractivity (Wildman–Crippen MR) is 87.7 cm³/mol. The number of nitrogens with one attached hydrogen (secondary N) is 2. The third kappa shape index (κ3) is 3.90. The van der Waals surface area contributed by atoms with Gasteiger partial charge >= 0.3 is 0 Å². The molecule has 24 heavy (non-hydrogen) atoms. The van der Waals surface area contributed by atoms with Crippen molar-refractivity contribution in [3.8, 4) is 0 Å². The molecule has 0 aliphatic carbocycles. The number of fused-ring (bicyclic) bond motifs is 1. The highest BCUT2D eigenvalue weighted by Crippen LogP contribution is 2.22. The predicted octanol–water partition coefficient (Wildman–Crippen LogP) is 2.82. The molecule has 5 nitrogen and oxygen atoms in total. The fourth-order valence-corrected chi connectivity index (χ4v) is 2.39. The average molecular weight is 337 g/mol. The molecule has 0 unspecified atom stereocenters. The van der Waals surface area contributed by atoms with Gasteiger partial charge in [-0.15, -0.1) is 0 Å². The molecule has 0 bridgehead atoms. The van der Waals surface area contributed by atoms with Crippen LogP contribution in [0, 0.1) is 11.6 Å².